The van der Waals surface area contributed by atoms with E-state index in [1.807, 2.05) is 0 Å². The Morgan fingerprint density at radius 3 is 3.00 bits per heavy atom. The first-order valence-corrected chi connectivity index (χ1v) is 4.97. The van der Waals surface area contributed by atoms with Crippen molar-refractivity contribution in [1.29, 1.82) is 5.26 Å². The highest BCUT2D eigenvalue weighted by Gasteiger charge is 2.04. The molecule has 0 saturated heterocycles. The van der Waals surface area contributed by atoms with Gasteiger partial charge in [0.05, 0.1) is 12.1 Å². The van der Waals surface area contributed by atoms with Crippen LogP contribution in [0.2, 0.25) is 0 Å². The summed E-state index contributed by atoms with van der Waals surface area (Å²) in [5, 5.41) is 15.7. The number of hydrogen-bond acceptors (Lipinski definition) is 4. The van der Waals surface area contributed by atoms with Gasteiger partial charge in [0, 0.05) is 12.7 Å². The van der Waals surface area contributed by atoms with Gasteiger partial charge >= 0.3 is 0 Å². The van der Waals surface area contributed by atoms with Crippen LogP contribution in [-0.2, 0) is 13.6 Å². The van der Waals surface area contributed by atoms with E-state index in [-0.39, 0.29) is 5.56 Å². The Morgan fingerprint density at radius 2 is 2.35 bits per heavy atom. The summed E-state index contributed by atoms with van der Waals surface area (Å²) in [4.78, 5) is 4.04. The fraction of sp³-hybridized carbons (Fsp3) is 0.182. The van der Waals surface area contributed by atoms with Gasteiger partial charge in [-0.05, 0) is 18.2 Å². The highest BCUT2D eigenvalue weighted by molar-refractivity contribution is 5.49. The molecule has 6 heteroatoms. The minimum absolute atomic E-state index is 0.0213. The first-order valence-electron chi connectivity index (χ1n) is 4.97. The average Bonchev–Trinajstić information content (AvgIpc) is 2.74. The molecular weight excluding hydrogens is 221 g/mol. The number of hydrogen-bond donors (Lipinski definition) is 1. The molecule has 0 bridgehead atoms. The van der Waals surface area contributed by atoms with Crippen LogP contribution in [0.25, 0.3) is 0 Å². The lowest BCUT2D eigenvalue weighted by Gasteiger charge is -2.06. The summed E-state index contributed by atoms with van der Waals surface area (Å²) in [7, 11) is 1.79. The molecule has 1 heterocycles. The molecule has 2 aromatic rings. The monoisotopic (exact) mass is 231 g/mol. The number of benzene rings is 1. The fourth-order valence-electron chi connectivity index (χ4n) is 1.38. The number of nitrogens with one attached hydrogen (secondary N) is 1. The van der Waals surface area contributed by atoms with Crippen LogP contribution in [0.15, 0.2) is 24.5 Å². The molecule has 0 radical (unpaired) electrons. The molecule has 86 valence electrons. The third kappa shape index (κ3) is 2.39. The van der Waals surface area contributed by atoms with E-state index < -0.39 is 5.82 Å². The van der Waals surface area contributed by atoms with E-state index in [2.05, 4.69) is 15.4 Å². The van der Waals surface area contributed by atoms with Crippen molar-refractivity contribution < 1.29 is 4.39 Å². The van der Waals surface area contributed by atoms with E-state index in [0.29, 0.717) is 12.2 Å². The molecule has 0 unspecified atom stereocenters. The van der Waals surface area contributed by atoms with Crippen molar-refractivity contribution in [3.63, 3.8) is 0 Å². The molecule has 1 aromatic carbocycles. The molecule has 1 aromatic heterocycles. The molecule has 17 heavy (non-hydrogen) atoms. The maximum Gasteiger partial charge on any atom is 0.145 e. The van der Waals surface area contributed by atoms with Gasteiger partial charge in [-0.15, -0.1) is 0 Å². The van der Waals surface area contributed by atoms with Gasteiger partial charge in [-0.3, -0.25) is 4.68 Å². The van der Waals surface area contributed by atoms with Crippen LogP contribution in [0.4, 0.5) is 10.1 Å². The predicted molar refractivity (Wildman–Crippen MR) is 59.4 cm³/mol. The zero-order valence-corrected chi connectivity index (χ0v) is 9.18. The number of nitrogens with zero attached hydrogens (tertiary/aromatic N) is 4. The number of halogens is 1. The van der Waals surface area contributed by atoms with Crippen molar-refractivity contribution in [2.45, 2.75) is 6.54 Å². The van der Waals surface area contributed by atoms with E-state index in [4.69, 9.17) is 5.26 Å². The second-order valence-corrected chi connectivity index (χ2v) is 3.46. The summed E-state index contributed by atoms with van der Waals surface area (Å²) in [6.45, 7) is 0.465. The Balaban J connectivity index is 2.10. The van der Waals surface area contributed by atoms with Gasteiger partial charge in [-0.25, -0.2) is 9.37 Å². The van der Waals surface area contributed by atoms with Crippen molar-refractivity contribution in [2.75, 3.05) is 5.32 Å². The van der Waals surface area contributed by atoms with Gasteiger partial charge in [0.1, 0.15) is 24.0 Å². The minimum Gasteiger partial charge on any atom is -0.378 e. The van der Waals surface area contributed by atoms with E-state index in [9.17, 15) is 4.39 Å². The molecule has 0 fully saturated rings. The largest absolute Gasteiger partial charge is 0.378 e. The minimum atomic E-state index is -0.517. The molecule has 0 saturated carbocycles. The number of aryl methyl sites for hydroxylation is 1. The quantitative estimate of drug-likeness (QED) is 0.867. The van der Waals surface area contributed by atoms with Gasteiger partial charge in [-0.2, -0.15) is 10.4 Å². The van der Waals surface area contributed by atoms with Gasteiger partial charge in [0.15, 0.2) is 0 Å². The van der Waals surface area contributed by atoms with Gasteiger partial charge in [-0.1, -0.05) is 0 Å². The normalized spacial score (nSPS) is 9.94. The molecule has 0 aliphatic heterocycles. The lowest BCUT2D eigenvalue weighted by molar-refractivity contribution is 0.624. The van der Waals surface area contributed by atoms with Crippen LogP contribution in [0.1, 0.15) is 11.4 Å². The maximum atomic E-state index is 13.1. The zero-order chi connectivity index (χ0) is 12.3. The lowest BCUT2D eigenvalue weighted by atomic mass is 10.2. The Kier molecular flexibility index (Phi) is 3.01. The first-order chi connectivity index (χ1) is 8.20. The van der Waals surface area contributed by atoms with Crippen molar-refractivity contribution in [2.24, 2.45) is 7.05 Å². The number of nitriles is 1. The van der Waals surface area contributed by atoms with Crippen molar-refractivity contribution in [3.8, 4) is 6.07 Å². The number of anilines is 1. The van der Waals surface area contributed by atoms with Crippen LogP contribution in [-0.4, -0.2) is 14.8 Å². The Labute approximate surface area is 97.5 Å². The topological polar surface area (TPSA) is 66.5 Å². The van der Waals surface area contributed by atoms with Crippen molar-refractivity contribution in [1.82, 2.24) is 14.8 Å². The fourth-order valence-corrected chi connectivity index (χ4v) is 1.38. The van der Waals surface area contributed by atoms with Crippen molar-refractivity contribution in [3.05, 3.63) is 41.7 Å². The van der Waals surface area contributed by atoms with Crippen LogP contribution < -0.4 is 5.32 Å². The van der Waals surface area contributed by atoms with E-state index in [1.54, 1.807) is 23.9 Å². The maximum absolute atomic E-state index is 13.1. The molecule has 1 N–H and O–H groups in total. The van der Waals surface area contributed by atoms with Crippen LogP contribution in [0, 0.1) is 17.1 Å². The molecule has 0 atom stereocenters. The van der Waals surface area contributed by atoms with E-state index in [0.717, 1.165) is 5.82 Å². The third-order valence-electron chi connectivity index (χ3n) is 2.34. The molecule has 0 aliphatic rings. The molecule has 0 spiro atoms. The SMILES string of the molecule is Cn1ncnc1CNc1ccc(F)c(C#N)c1. The standard InChI is InChI=1S/C11H10FN5/c1-17-11(15-7-16-17)6-14-9-2-3-10(12)8(4-9)5-13/h2-4,7,14H,6H2,1H3. The van der Waals surface area contributed by atoms with Crippen LogP contribution in [0.5, 0.6) is 0 Å². The Bertz CT molecular complexity index is 569. The molecule has 0 amide bonds. The Morgan fingerprint density at radius 1 is 1.53 bits per heavy atom. The third-order valence-corrected chi connectivity index (χ3v) is 2.34. The van der Waals surface area contributed by atoms with Crippen LogP contribution in [0.3, 0.4) is 0 Å². The van der Waals surface area contributed by atoms with Gasteiger partial charge < -0.3 is 5.32 Å². The van der Waals surface area contributed by atoms with E-state index >= 15 is 0 Å². The van der Waals surface area contributed by atoms with Gasteiger partial charge in [0.2, 0.25) is 0 Å². The average molecular weight is 231 g/mol. The smallest absolute Gasteiger partial charge is 0.145 e. The summed E-state index contributed by atoms with van der Waals surface area (Å²) in [6.07, 6.45) is 1.46. The van der Waals surface area contributed by atoms with Gasteiger partial charge in [0.25, 0.3) is 0 Å². The number of rotatable bonds is 3. The number of aromatic nitrogens is 3. The Hall–Kier alpha value is -2.42. The molecular formula is C11H10FN5. The van der Waals surface area contributed by atoms with E-state index in [1.165, 1.54) is 18.5 Å². The summed E-state index contributed by atoms with van der Waals surface area (Å²) in [5.41, 5.74) is 0.693. The summed E-state index contributed by atoms with van der Waals surface area (Å²) < 4.78 is 14.7. The van der Waals surface area contributed by atoms with Crippen LogP contribution >= 0.6 is 0 Å². The lowest BCUT2D eigenvalue weighted by Crippen LogP contribution is -2.07. The highest BCUT2D eigenvalue weighted by Crippen LogP contribution is 2.14. The highest BCUT2D eigenvalue weighted by atomic mass is 19.1. The molecule has 5 nitrogen and oxygen atoms in total. The second-order valence-electron chi connectivity index (χ2n) is 3.46. The summed E-state index contributed by atoms with van der Waals surface area (Å²) >= 11 is 0. The summed E-state index contributed by atoms with van der Waals surface area (Å²) in [5.74, 6) is 0.240. The second kappa shape index (κ2) is 4.61. The van der Waals surface area contributed by atoms with Crippen molar-refractivity contribution >= 4 is 5.69 Å². The predicted octanol–water partition coefficient (Wildman–Crippen LogP) is 1.44. The summed E-state index contributed by atoms with van der Waals surface area (Å²) in [6, 6.07) is 6.09. The zero-order valence-electron chi connectivity index (χ0n) is 9.18. The molecule has 2 rings (SSSR count). The first kappa shape index (κ1) is 11.1. The molecule has 0 aliphatic carbocycles.